The monoisotopic (exact) mass is 452 g/mol. The van der Waals surface area contributed by atoms with Gasteiger partial charge in [-0.25, -0.2) is 17.2 Å². The number of benzene rings is 2. The van der Waals surface area contributed by atoms with Gasteiger partial charge in [-0.05, 0) is 54.8 Å². The van der Waals surface area contributed by atoms with Gasteiger partial charge in [0.25, 0.3) is 5.91 Å². The summed E-state index contributed by atoms with van der Waals surface area (Å²) in [5, 5.41) is 2.56. The van der Waals surface area contributed by atoms with Crippen molar-refractivity contribution >= 4 is 21.9 Å². The van der Waals surface area contributed by atoms with Crippen LogP contribution in [0.3, 0.4) is 0 Å². The van der Waals surface area contributed by atoms with E-state index in [9.17, 15) is 26.8 Å². The average molecular weight is 452 g/mol. The molecule has 1 aliphatic rings. The topological polar surface area (TPSA) is 92.8 Å². The number of ether oxygens (including phenoxy) is 1. The summed E-state index contributed by atoms with van der Waals surface area (Å²) in [4.78, 5) is 24.2. The predicted octanol–water partition coefficient (Wildman–Crippen LogP) is 2.23. The number of hydrogen-bond acceptors (Lipinski definition) is 5. The molecule has 1 atom stereocenters. The predicted molar refractivity (Wildman–Crippen MR) is 107 cm³/mol. The maximum Gasteiger partial charge on any atom is 0.310 e. The molecule has 0 saturated carbocycles. The molecule has 1 heterocycles. The zero-order chi connectivity index (χ0) is 22.4. The summed E-state index contributed by atoms with van der Waals surface area (Å²) in [5.41, 5.74) is 0.690. The van der Waals surface area contributed by atoms with Crippen molar-refractivity contribution in [1.82, 2.24) is 9.62 Å². The zero-order valence-corrected chi connectivity index (χ0v) is 17.4. The summed E-state index contributed by atoms with van der Waals surface area (Å²) in [6.45, 7) is -0.178. The van der Waals surface area contributed by atoms with Crippen LogP contribution < -0.4 is 5.32 Å². The highest BCUT2D eigenvalue weighted by molar-refractivity contribution is 7.89. The van der Waals surface area contributed by atoms with Crippen LogP contribution in [0.4, 0.5) is 8.78 Å². The number of piperidine rings is 1. The van der Waals surface area contributed by atoms with Gasteiger partial charge in [0, 0.05) is 19.6 Å². The maximum atomic E-state index is 13.1. The summed E-state index contributed by atoms with van der Waals surface area (Å²) < 4.78 is 57.7. The number of amides is 1. The lowest BCUT2D eigenvalue weighted by atomic mass is 10.00. The van der Waals surface area contributed by atoms with E-state index in [1.807, 2.05) is 0 Å². The Hall–Kier alpha value is -2.85. The Bertz CT molecular complexity index is 1030. The zero-order valence-electron chi connectivity index (χ0n) is 16.6. The van der Waals surface area contributed by atoms with Gasteiger partial charge >= 0.3 is 5.97 Å². The molecule has 1 saturated heterocycles. The van der Waals surface area contributed by atoms with Gasteiger partial charge in [0.1, 0.15) is 11.6 Å². The third kappa shape index (κ3) is 6.08. The second kappa shape index (κ2) is 9.97. The number of nitrogens with one attached hydrogen (secondary N) is 1. The molecule has 2 aromatic carbocycles. The number of rotatable bonds is 7. The Morgan fingerprint density at radius 3 is 2.29 bits per heavy atom. The summed E-state index contributed by atoms with van der Waals surface area (Å²) in [5.74, 6) is -2.81. The van der Waals surface area contributed by atoms with E-state index in [0.29, 0.717) is 18.4 Å². The van der Waals surface area contributed by atoms with E-state index < -0.39 is 40.2 Å². The lowest BCUT2D eigenvalue weighted by molar-refractivity contribution is -0.153. The highest BCUT2D eigenvalue weighted by Gasteiger charge is 2.34. The van der Waals surface area contributed by atoms with E-state index >= 15 is 0 Å². The van der Waals surface area contributed by atoms with E-state index in [1.165, 1.54) is 40.7 Å². The van der Waals surface area contributed by atoms with Crippen molar-refractivity contribution in [3.8, 4) is 0 Å². The minimum Gasteiger partial charge on any atom is -0.455 e. The third-order valence-electron chi connectivity index (χ3n) is 4.92. The van der Waals surface area contributed by atoms with Crippen LogP contribution >= 0.6 is 0 Å². The molecule has 0 bridgehead atoms. The molecule has 0 aromatic heterocycles. The van der Waals surface area contributed by atoms with Gasteiger partial charge in [-0.2, -0.15) is 4.31 Å². The minimum absolute atomic E-state index is 0.0527. The number of esters is 1. The van der Waals surface area contributed by atoms with Gasteiger partial charge in [0.15, 0.2) is 6.61 Å². The lowest BCUT2D eigenvalue weighted by Crippen LogP contribution is -2.43. The van der Waals surface area contributed by atoms with Crippen LogP contribution in [0.1, 0.15) is 18.4 Å². The van der Waals surface area contributed by atoms with E-state index in [1.54, 1.807) is 0 Å². The Kier molecular flexibility index (Phi) is 7.34. The van der Waals surface area contributed by atoms with Gasteiger partial charge < -0.3 is 10.1 Å². The molecule has 0 spiro atoms. The first-order valence-electron chi connectivity index (χ1n) is 9.69. The standard InChI is InChI=1S/C21H22F2N2O5S/c22-17-5-3-15(4-6-17)12-24-20(26)14-30-21(27)16-2-1-11-25(13-16)31(28,29)19-9-7-18(23)8-10-19/h3-10,16H,1-2,11-14H2,(H,24,26). The average Bonchev–Trinajstić information content (AvgIpc) is 2.77. The van der Waals surface area contributed by atoms with Gasteiger partial charge in [0.05, 0.1) is 10.8 Å². The molecule has 166 valence electrons. The molecule has 0 radical (unpaired) electrons. The van der Waals surface area contributed by atoms with Crippen molar-refractivity contribution < 1.29 is 31.5 Å². The Balaban J connectivity index is 1.50. The lowest BCUT2D eigenvalue weighted by Gasteiger charge is -2.30. The van der Waals surface area contributed by atoms with Gasteiger partial charge in [-0.15, -0.1) is 0 Å². The fourth-order valence-corrected chi connectivity index (χ4v) is 4.74. The second-order valence-corrected chi connectivity index (χ2v) is 9.10. The Morgan fingerprint density at radius 2 is 1.65 bits per heavy atom. The minimum atomic E-state index is -3.87. The molecule has 1 fully saturated rings. The summed E-state index contributed by atoms with van der Waals surface area (Å²) in [7, 11) is -3.87. The number of hydrogen-bond donors (Lipinski definition) is 1. The van der Waals surface area contributed by atoms with Gasteiger partial charge in [-0.1, -0.05) is 12.1 Å². The van der Waals surface area contributed by atoms with Crippen LogP contribution in [0.5, 0.6) is 0 Å². The largest absolute Gasteiger partial charge is 0.455 e. The van der Waals surface area contributed by atoms with E-state index in [4.69, 9.17) is 4.74 Å². The van der Waals surface area contributed by atoms with Crippen molar-refractivity contribution in [1.29, 1.82) is 0 Å². The molecular weight excluding hydrogens is 430 g/mol. The highest BCUT2D eigenvalue weighted by Crippen LogP contribution is 2.24. The molecule has 1 aliphatic heterocycles. The molecule has 3 rings (SSSR count). The third-order valence-corrected chi connectivity index (χ3v) is 6.80. The number of sulfonamides is 1. The number of carbonyl (C=O) groups is 2. The van der Waals surface area contributed by atoms with Gasteiger partial charge in [0.2, 0.25) is 10.0 Å². The molecule has 10 heteroatoms. The van der Waals surface area contributed by atoms with Crippen molar-refractivity contribution in [2.75, 3.05) is 19.7 Å². The molecule has 0 aliphatic carbocycles. The van der Waals surface area contributed by atoms with Crippen molar-refractivity contribution in [3.05, 3.63) is 65.7 Å². The highest BCUT2D eigenvalue weighted by atomic mass is 32.2. The molecular formula is C21H22F2N2O5S. The van der Waals surface area contributed by atoms with Crippen LogP contribution in [0, 0.1) is 17.6 Å². The SMILES string of the molecule is O=C(COC(=O)C1CCCN(S(=O)(=O)c2ccc(F)cc2)C1)NCc1ccc(F)cc1. The Labute approximate surface area is 179 Å². The van der Waals surface area contributed by atoms with Crippen LogP contribution in [-0.2, 0) is 30.9 Å². The summed E-state index contributed by atoms with van der Waals surface area (Å²) in [6, 6.07) is 10.1. The fraction of sp³-hybridized carbons (Fsp3) is 0.333. The van der Waals surface area contributed by atoms with Gasteiger partial charge in [-0.3, -0.25) is 9.59 Å². The molecule has 7 nitrogen and oxygen atoms in total. The first kappa shape index (κ1) is 22.8. The molecule has 1 unspecified atom stereocenters. The number of halogens is 2. The summed E-state index contributed by atoms with van der Waals surface area (Å²) in [6.07, 6.45) is 0.891. The van der Waals surface area contributed by atoms with Crippen molar-refractivity contribution in [2.45, 2.75) is 24.3 Å². The van der Waals surface area contributed by atoms with Crippen LogP contribution in [0.2, 0.25) is 0 Å². The maximum absolute atomic E-state index is 13.1. The van der Waals surface area contributed by atoms with Crippen molar-refractivity contribution in [2.24, 2.45) is 5.92 Å². The quantitative estimate of drug-likeness (QED) is 0.651. The van der Waals surface area contributed by atoms with Crippen LogP contribution in [0.25, 0.3) is 0 Å². The number of carbonyl (C=O) groups excluding carboxylic acids is 2. The van der Waals surface area contributed by atoms with E-state index in [2.05, 4.69) is 5.32 Å². The first-order valence-corrected chi connectivity index (χ1v) is 11.1. The van der Waals surface area contributed by atoms with Crippen LogP contribution in [0.15, 0.2) is 53.4 Å². The summed E-state index contributed by atoms with van der Waals surface area (Å²) >= 11 is 0. The normalized spacial score (nSPS) is 17.2. The molecule has 31 heavy (non-hydrogen) atoms. The molecule has 1 N–H and O–H groups in total. The van der Waals surface area contributed by atoms with E-state index in [0.717, 1.165) is 12.1 Å². The van der Waals surface area contributed by atoms with E-state index in [-0.39, 0.29) is 30.3 Å². The Morgan fingerprint density at radius 1 is 1.03 bits per heavy atom. The molecule has 1 amide bonds. The van der Waals surface area contributed by atoms with Crippen molar-refractivity contribution in [3.63, 3.8) is 0 Å². The molecule has 2 aromatic rings. The smallest absolute Gasteiger partial charge is 0.310 e. The van der Waals surface area contributed by atoms with Crippen LogP contribution in [-0.4, -0.2) is 44.3 Å². The number of nitrogens with zero attached hydrogens (tertiary/aromatic N) is 1. The first-order chi connectivity index (χ1) is 14.8. The fourth-order valence-electron chi connectivity index (χ4n) is 3.22. The second-order valence-electron chi connectivity index (χ2n) is 7.17.